The zero-order valence-corrected chi connectivity index (χ0v) is 14.2. The maximum Gasteiger partial charge on any atom is 0.315 e. The number of fused-ring (bicyclic) bond motifs is 1. The van der Waals surface area contributed by atoms with Crippen molar-refractivity contribution in [1.29, 1.82) is 0 Å². The summed E-state index contributed by atoms with van der Waals surface area (Å²) in [6.07, 6.45) is 3.79. The first-order valence-electron chi connectivity index (χ1n) is 7.95. The second kappa shape index (κ2) is 6.92. The normalized spacial score (nSPS) is 17.2. The predicted molar refractivity (Wildman–Crippen MR) is 90.8 cm³/mol. The maximum absolute atomic E-state index is 12.3. The van der Waals surface area contributed by atoms with Gasteiger partial charge in [0.2, 0.25) is 0 Å². The number of rotatable bonds is 5. The Morgan fingerprint density at radius 2 is 2.25 bits per heavy atom. The third-order valence-corrected chi connectivity index (χ3v) is 4.19. The van der Waals surface area contributed by atoms with Gasteiger partial charge in [-0.2, -0.15) is 5.10 Å². The van der Waals surface area contributed by atoms with Crippen molar-refractivity contribution in [3.8, 4) is 5.75 Å². The van der Waals surface area contributed by atoms with Gasteiger partial charge in [0.15, 0.2) is 0 Å². The van der Waals surface area contributed by atoms with Crippen molar-refractivity contribution >= 4 is 6.03 Å². The number of hydrogen-bond donors (Lipinski definition) is 2. The van der Waals surface area contributed by atoms with Gasteiger partial charge in [0.05, 0.1) is 18.3 Å². The standard InChI is InChI=1S/C17H23N5O2/c1-21(2)15(12-8-19-22(3)10-12)9-18-17(23)20-14-11-24-16-7-5-4-6-13(14)16/h4-8,10,14-15H,9,11H2,1-3H3,(H2,18,20,23)/t14-,15+/m1/s1. The number of likely N-dealkylation sites (N-methyl/N-ethyl adjacent to an activating group) is 1. The number of hydrogen-bond acceptors (Lipinski definition) is 4. The number of aryl methyl sites for hydroxylation is 1. The highest BCUT2D eigenvalue weighted by Crippen LogP contribution is 2.31. The molecule has 2 N–H and O–H groups in total. The third-order valence-electron chi connectivity index (χ3n) is 4.19. The first kappa shape index (κ1) is 16.3. The van der Waals surface area contributed by atoms with Crippen LogP contribution >= 0.6 is 0 Å². The van der Waals surface area contributed by atoms with E-state index in [-0.39, 0.29) is 18.1 Å². The molecular weight excluding hydrogens is 306 g/mol. The first-order valence-corrected chi connectivity index (χ1v) is 7.95. The highest BCUT2D eigenvalue weighted by Gasteiger charge is 2.25. The van der Waals surface area contributed by atoms with Crippen molar-refractivity contribution < 1.29 is 9.53 Å². The predicted octanol–water partition coefficient (Wildman–Crippen LogP) is 1.46. The lowest BCUT2D eigenvalue weighted by Crippen LogP contribution is -2.42. The monoisotopic (exact) mass is 329 g/mol. The molecule has 0 aliphatic carbocycles. The zero-order valence-electron chi connectivity index (χ0n) is 14.2. The van der Waals surface area contributed by atoms with E-state index in [0.717, 1.165) is 16.9 Å². The number of aromatic nitrogens is 2. The van der Waals surface area contributed by atoms with Crippen LogP contribution in [-0.2, 0) is 7.05 Å². The van der Waals surface area contributed by atoms with E-state index < -0.39 is 0 Å². The van der Waals surface area contributed by atoms with Crippen LogP contribution in [0.1, 0.15) is 23.2 Å². The first-order chi connectivity index (χ1) is 11.5. The molecule has 3 rings (SSSR count). The lowest BCUT2D eigenvalue weighted by molar-refractivity contribution is 0.225. The number of carbonyl (C=O) groups excluding carboxylic acids is 1. The molecular formula is C17H23N5O2. The Morgan fingerprint density at radius 3 is 2.96 bits per heavy atom. The Balaban J connectivity index is 1.57. The molecule has 2 atom stereocenters. The largest absolute Gasteiger partial charge is 0.491 e. The number of nitrogens with one attached hydrogen (secondary N) is 2. The van der Waals surface area contributed by atoms with E-state index in [9.17, 15) is 4.79 Å². The highest BCUT2D eigenvalue weighted by molar-refractivity contribution is 5.74. The second-order valence-electron chi connectivity index (χ2n) is 6.18. The van der Waals surface area contributed by atoms with Crippen molar-refractivity contribution in [3.63, 3.8) is 0 Å². The van der Waals surface area contributed by atoms with Gasteiger partial charge < -0.3 is 20.3 Å². The molecule has 0 unspecified atom stereocenters. The SMILES string of the molecule is CN(C)[C@@H](CNC(=O)N[C@@H]1COc2ccccc21)c1cnn(C)c1. The molecule has 2 amide bonds. The van der Waals surface area contributed by atoms with Crippen molar-refractivity contribution in [2.75, 3.05) is 27.2 Å². The fourth-order valence-corrected chi connectivity index (χ4v) is 2.89. The molecule has 1 aliphatic rings. The van der Waals surface area contributed by atoms with Gasteiger partial charge in [-0.1, -0.05) is 18.2 Å². The van der Waals surface area contributed by atoms with Crippen LogP contribution in [0.3, 0.4) is 0 Å². The van der Waals surface area contributed by atoms with E-state index in [2.05, 4.69) is 20.6 Å². The molecule has 2 aromatic rings. The second-order valence-corrected chi connectivity index (χ2v) is 6.18. The summed E-state index contributed by atoms with van der Waals surface area (Å²) in [5.41, 5.74) is 2.08. The third kappa shape index (κ3) is 3.51. The molecule has 0 saturated carbocycles. The average Bonchev–Trinajstić information content (AvgIpc) is 3.14. The number of carbonyl (C=O) groups is 1. The van der Waals surface area contributed by atoms with Crippen molar-refractivity contribution in [3.05, 3.63) is 47.8 Å². The van der Waals surface area contributed by atoms with Crippen LogP contribution in [0.4, 0.5) is 4.79 Å². The van der Waals surface area contributed by atoms with Crippen LogP contribution < -0.4 is 15.4 Å². The number of para-hydroxylation sites is 1. The van der Waals surface area contributed by atoms with Gasteiger partial charge >= 0.3 is 6.03 Å². The summed E-state index contributed by atoms with van der Waals surface area (Å²) in [6, 6.07) is 7.52. The minimum Gasteiger partial charge on any atom is -0.491 e. The molecule has 0 spiro atoms. The topological polar surface area (TPSA) is 71.4 Å². The molecule has 7 nitrogen and oxygen atoms in total. The van der Waals surface area contributed by atoms with E-state index in [1.807, 2.05) is 57.8 Å². The number of urea groups is 1. The van der Waals surface area contributed by atoms with Gasteiger partial charge in [-0.05, 0) is 20.2 Å². The van der Waals surface area contributed by atoms with Crippen molar-refractivity contribution in [2.24, 2.45) is 7.05 Å². The Hall–Kier alpha value is -2.54. The minimum atomic E-state index is -0.198. The number of amides is 2. The summed E-state index contributed by atoms with van der Waals surface area (Å²) in [6.45, 7) is 0.965. The molecule has 1 aromatic carbocycles. The van der Waals surface area contributed by atoms with Gasteiger partial charge in [0.25, 0.3) is 0 Å². The summed E-state index contributed by atoms with van der Waals surface area (Å²) in [7, 11) is 5.85. The summed E-state index contributed by atoms with van der Waals surface area (Å²) in [5.74, 6) is 0.837. The fourth-order valence-electron chi connectivity index (χ4n) is 2.89. The van der Waals surface area contributed by atoms with Crippen LogP contribution in [0, 0.1) is 0 Å². The number of nitrogens with zero attached hydrogens (tertiary/aromatic N) is 3. The van der Waals surface area contributed by atoms with Gasteiger partial charge in [-0.3, -0.25) is 4.68 Å². The summed E-state index contributed by atoms with van der Waals surface area (Å²) in [4.78, 5) is 14.3. The van der Waals surface area contributed by atoms with Crippen LogP contribution in [0.5, 0.6) is 5.75 Å². The molecule has 1 aromatic heterocycles. The molecule has 0 radical (unpaired) electrons. The van der Waals surface area contributed by atoms with E-state index >= 15 is 0 Å². The van der Waals surface area contributed by atoms with Crippen LogP contribution in [-0.4, -0.2) is 48.0 Å². The maximum atomic E-state index is 12.3. The Labute approximate surface area is 141 Å². The average molecular weight is 329 g/mol. The van der Waals surface area contributed by atoms with E-state index in [0.29, 0.717) is 13.2 Å². The van der Waals surface area contributed by atoms with E-state index in [1.54, 1.807) is 4.68 Å². The van der Waals surface area contributed by atoms with Crippen LogP contribution in [0.25, 0.3) is 0 Å². The molecule has 0 saturated heterocycles. The molecule has 7 heteroatoms. The molecule has 1 aliphatic heterocycles. The molecule has 24 heavy (non-hydrogen) atoms. The Morgan fingerprint density at radius 1 is 1.46 bits per heavy atom. The minimum absolute atomic E-state index is 0.0663. The summed E-state index contributed by atoms with van der Waals surface area (Å²) in [5, 5.41) is 10.1. The number of ether oxygens (including phenoxy) is 1. The van der Waals surface area contributed by atoms with E-state index in [4.69, 9.17) is 4.74 Å². The molecule has 128 valence electrons. The Kier molecular flexibility index (Phi) is 4.71. The smallest absolute Gasteiger partial charge is 0.315 e. The molecule has 2 heterocycles. The fraction of sp³-hybridized carbons (Fsp3) is 0.412. The lowest BCUT2D eigenvalue weighted by atomic mass is 10.1. The van der Waals surface area contributed by atoms with Gasteiger partial charge in [0.1, 0.15) is 12.4 Å². The zero-order chi connectivity index (χ0) is 17.1. The molecule has 0 fully saturated rings. The summed E-state index contributed by atoms with van der Waals surface area (Å²) < 4.78 is 7.35. The lowest BCUT2D eigenvalue weighted by Gasteiger charge is -2.24. The van der Waals surface area contributed by atoms with E-state index in [1.165, 1.54) is 0 Å². The summed E-state index contributed by atoms with van der Waals surface area (Å²) >= 11 is 0. The quantitative estimate of drug-likeness (QED) is 0.871. The van der Waals surface area contributed by atoms with Crippen molar-refractivity contribution in [1.82, 2.24) is 25.3 Å². The number of benzene rings is 1. The highest BCUT2D eigenvalue weighted by atomic mass is 16.5. The van der Waals surface area contributed by atoms with Gasteiger partial charge in [0, 0.05) is 30.9 Å². The van der Waals surface area contributed by atoms with Crippen LogP contribution in [0.2, 0.25) is 0 Å². The Bertz CT molecular complexity index is 713. The van der Waals surface area contributed by atoms with Gasteiger partial charge in [-0.15, -0.1) is 0 Å². The molecule has 0 bridgehead atoms. The van der Waals surface area contributed by atoms with Gasteiger partial charge in [-0.25, -0.2) is 4.79 Å². The van der Waals surface area contributed by atoms with Crippen molar-refractivity contribution in [2.45, 2.75) is 12.1 Å². The van der Waals surface area contributed by atoms with Crippen LogP contribution in [0.15, 0.2) is 36.7 Å².